The van der Waals surface area contributed by atoms with Crippen molar-refractivity contribution in [2.45, 2.75) is 18.5 Å². The van der Waals surface area contributed by atoms with Crippen LogP contribution in [0.3, 0.4) is 0 Å². The molecule has 0 heterocycles. The number of benzene rings is 2. The first kappa shape index (κ1) is 24.7. The lowest BCUT2D eigenvalue weighted by Crippen LogP contribution is -2.47. The summed E-state index contributed by atoms with van der Waals surface area (Å²) in [6.45, 7) is -0.760. The number of alkyl carbamates (subject to hydrolysis) is 1. The molecule has 0 atom stereocenters. The van der Waals surface area contributed by atoms with Crippen molar-refractivity contribution in [3.63, 3.8) is 0 Å². The van der Waals surface area contributed by atoms with Crippen LogP contribution in [0.15, 0.2) is 42.5 Å². The van der Waals surface area contributed by atoms with Gasteiger partial charge in [0.1, 0.15) is 23.9 Å². The van der Waals surface area contributed by atoms with Crippen LogP contribution in [-0.2, 0) is 4.74 Å². The highest BCUT2D eigenvalue weighted by molar-refractivity contribution is 6.32. The maximum Gasteiger partial charge on any atom is 0.434 e. The zero-order valence-corrected chi connectivity index (χ0v) is 16.7. The Bertz CT molecular complexity index is 893. The van der Waals surface area contributed by atoms with E-state index in [1.54, 1.807) is 29.6 Å². The van der Waals surface area contributed by atoms with Gasteiger partial charge in [0.15, 0.2) is 0 Å². The Hall–Kier alpha value is -2.53. The van der Waals surface area contributed by atoms with Crippen LogP contribution in [0.5, 0.6) is 17.2 Å². The molecule has 0 unspecified atom stereocenters. The Labute approximate surface area is 181 Å². The predicted molar refractivity (Wildman–Crippen MR) is 98.9 cm³/mol. The molecular formula is C18H13Cl2F6NO4. The fourth-order valence-electron chi connectivity index (χ4n) is 2.11. The number of rotatable bonds is 7. The third-order valence-electron chi connectivity index (χ3n) is 3.38. The molecule has 0 aromatic heterocycles. The topological polar surface area (TPSA) is 56.8 Å². The third-order valence-corrected chi connectivity index (χ3v) is 3.91. The van der Waals surface area contributed by atoms with Crippen molar-refractivity contribution in [3.05, 3.63) is 52.5 Å². The van der Waals surface area contributed by atoms with Crippen molar-refractivity contribution in [3.8, 4) is 17.2 Å². The zero-order chi connectivity index (χ0) is 23.2. The second-order valence-electron chi connectivity index (χ2n) is 5.80. The van der Waals surface area contributed by atoms with Gasteiger partial charge in [-0.25, -0.2) is 4.79 Å². The van der Waals surface area contributed by atoms with Gasteiger partial charge in [-0.3, -0.25) is 0 Å². The van der Waals surface area contributed by atoms with Crippen LogP contribution in [-0.4, -0.2) is 37.7 Å². The molecule has 2 aromatic rings. The smallest absolute Gasteiger partial charge is 0.434 e. The summed E-state index contributed by atoms with van der Waals surface area (Å²) in [7, 11) is 0. The number of amides is 1. The summed E-state index contributed by atoms with van der Waals surface area (Å²) >= 11 is 11.9. The Morgan fingerprint density at radius 3 is 2.19 bits per heavy atom. The molecular weight excluding hydrogens is 479 g/mol. The maximum absolute atomic E-state index is 12.3. The molecule has 0 bridgehead atoms. The van der Waals surface area contributed by atoms with Crippen molar-refractivity contribution in [2.75, 3.05) is 13.2 Å². The van der Waals surface area contributed by atoms with Gasteiger partial charge in [-0.05, 0) is 30.3 Å². The highest BCUT2D eigenvalue weighted by atomic mass is 35.5. The van der Waals surface area contributed by atoms with Crippen LogP contribution >= 0.6 is 23.2 Å². The molecule has 0 spiro atoms. The zero-order valence-electron chi connectivity index (χ0n) is 15.2. The summed E-state index contributed by atoms with van der Waals surface area (Å²) in [5.74, 6) is 0.946. The highest BCUT2D eigenvalue weighted by Gasteiger charge is 2.59. The summed E-state index contributed by atoms with van der Waals surface area (Å²) in [6.07, 6.45) is -17.7. The van der Waals surface area contributed by atoms with Gasteiger partial charge in [-0.15, -0.1) is 0 Å². The van der Waals surface area contributed by atoms with Crippen LogP contribution in [0.25, 0.3) is 0 Å². The Kier molecular flexibility index (Phi) is 8.13. The van der Waals surface area contributed by atoms with Crippen molar-refractivity contribution in [2.24, 2.45) is 0 Å². The van der Waals surface area contributed by atoms with Gasteiger partial charge in [-0.2, -0.15) is 26.3 Å². The number of carbonyl (C=O) groups excluding carboxylic acids is 1. The molecule has 0 saturated heterocycles. The van der Waals surface area contributed by atoms with E-state index in [1.807, 2.05) is 0 Å². The Balaban J connectivity index is 1.83. The second-order valence-corrected chi connectivity index (χ2v) is 6.64. The first-order chi connectivity index (χ1) is 14.4. The summed E-state index contributed by atoms with van der Waals surface area (Å²) in [6, 6.07) is 10.9. The van der Waals surface area contributed by atoms with E-state index in [0.29, 0.717) is 16.5 Å². The van der Waals surface area contributed by atoms with E-state index in [1.165, 1.54) is 18.2 Å². The molecule has 5 nitrogen and oxygen atoms in total. The lowest BCUT2D eigenvalue weighted by Gasteiger charge is -2.22. The van der Waals surface area contributed by atoms with E-state index in [9.17, 15) is 31.1 Å². The van der Waals surface area contributed by atoms with E-state index < -0.39 is 31.1 Å². The number of hydrogen-bond acceptors (Lipinski definition) is 4. The maximum atomic E-state index is 12.3. The Morgan fingerprint density at radius 1 is 0.968 bits per heavy atom. The summed E-state index contributed by atoms with van der Waals surface area (Å²) in [5, 5.41) is 2.30. The van der Waals surface area contributed by atoms with Crippen molar-refractivity contribution < 1.29 is 45.3 Å². The average molecular weight is 492 g/mol. The molecule has 2 aromatic carbocycles. The molecule has 13 heteroatoms. The van der Waals surface area contributed by atoms with E-state index >= 15 is 0 Å². The first-order valence-electron chi connectivity index (χ1n) is 8.30. The van der Waals surface area contributed by atoms with Gasteiger partial charge in [0.2, 0.25) is 0 Å². The monoisotopic (exact) mass is 491 g/mol. The quantitative estimate of drug-likeness (QED) is 0.360. The first-order valence-corrected chi connectivity index (χ1v) is 9.05. The fraction of sp³-hybridized carbons (Fsp3) is 0.278. The van der Waals surface area contributed by atoms with Crippen LogP contribution in [0.2, 0.25) is 10.0 Å². The predicted octanol–water partition coefficient (Wildman–Crippen LogP) is 6.38. The van der Waals surface area contributed by atoms with Crippen molar-refractivity contribution >= 4 is 29.3 Å². The summed E-state index contributed by atoms with van der Waals surface area (Å²) in [4.78, 5) is 11.2. The molecule has 0 aliphatic heterocycles. The Morgan fingerprint density at radius 2 is 1.61 bits per heavy atom. The van der Waals surface area contributed by atoms with Gasteiger partial charge in [0.05, 0.1) is 11.6 Å². The number of hydrogen-bond donors (Lipinski definition) is 1. The fourth-order valence-corrected chi connectivity index (χ4v) is 2.52. The van der Waals surface area contributed by atoms with E-state index in [4.69, 9.17) is 32.7 Å². The van der Waals surface area contributed by atoms with E-state index in [2.05, 4.69) is 4.74 Å². The molecule has 0 saturated carbocycles. The standard InChI is InChI=1S/C18H13Cl2F6NO4/c19-10-2-1-3-11(8-10)30-12-4-5-14(13(20)9-12)29-7-6-27-16(28)31-15(17(21,22)23)18(24,25)26/h1-5,8-9,15H,6-7H2,(H,27,28). The summed E-state index contributed by atoms with van der Waals surface area (Å²) in [5.41, 5.74) is 0. The normalized spacial score (nSPS) is 11.9. The van der Waals surface area contributed by atoms with Crippen molar-refractivity contribution in [1.82, 2.24) is 5.32 Å². The number of nitrogens with one attached hydrogen (secondary N) is 1. The summed E-state index contributed by atoms with van der Waals surface area (Å²) < 4.78 is 88.3. The highest BCUT2D eigenvalue weighted by Crippen LogP contribution is 2.36. The van der Waals surface area contributed by atoms with Crippen LogP contribution in [0.1, 0.15) is 0 Å². The van der Waals surface area contributed by atoms with Gasteiger partial charge in [0, 0.05) is 11.1 Å². The van der Waals surface area contributed by atoms with Gasteiger partial charge in [0.25, 0.3) is 6.10 Å². The minimum atomic E-state index is -5.80. The molecule has 0 fully saturated rings. The second kappa shape index (κ2) is 10.2. The minimum absolute atomic E-state index is 0.108. The molecule has 0 radical (unpaired) electrons. The van der Waals surface area contributed by atoms with Crippen LogP contribution in [0.4, 0.5) is 31.1 Å². The van der Waals surface area contributed by atoms with E-state index in [0.717, 1.165) is 0 Å². The van der Waals surface area contributed by atoms with Crippen LogP contribution in [0, 0.1) is 0 Å². The molecule has 31 heavy (non-hydrogen) atoms. The van der Waals surface area contributed by atoms with Crippen LogP contribution < -0.4 is 14.8 Å². The lowest BCUT2D eigenvalue weighted by molar-refractivity contribution is -0.307. The molecule has 2 rings (SSSR count). The number of ether oxygens (including phenoxy) is 3. The van der Waals surface area contributed by atoms with Gasteiger partial charge >= 0.3 is 18.4 Å². The van der Waals surface area contributed by atoms with E-state index in [-0.39, 0.29) is 17.4 Å². The molecule has 0 aliphatic carbocycles. The van der Waals surface area contributed by atoms with Gasteiger partial charge < -0.3 is 19.5 Å². The van der Waals surface area contributed by atoms with Crippen molar-refractivity contribution in [1.29, 1.82) is 0 Å². The molecule has 0 aliphatic rings. The SMILES string of the molecule is O=C(NCCOc1ccc(Oc2cccc(Cl)c2)cc1Cl)OC(C(F)(F)F)C(F)(F)F. The number of alkyl halides is 6. The largest absolute Gasteiger partial charge is 0.490 e. The van der Waals surface area contributed by atoms with Gasteiger partial charge in [-0.1, -0.05) is 29.3 Å². The molecule has 1 amide bonds. The number of halogens is 8. The lowest BCUT2D eigenvalue weighted by atomic mass is 10.3. The third kappa shape index (κ3) is 7.91. The molecule has 1 N–H and O–H groups in total. The molecule has 170 valence electrons. The minimum Gasteiger partial charge on any atom is -0.490 e. The number of carbonyl (C=O) groups is 1. The average Bonchev–Trinajstić information content (AvgIpc) is 2.63.